The van der Waals surface area contributed by atoms with Gasteiger partial charge in [-0.3, -0.25) is 5.43 Å². The molecule has 0 fully saturated rings. The van der Waals surface area contributed by atoms with E-state index in [0.717, 1.165) is 16.6 Å². The number of rotatable bonds is 2. The van der Waals surface area contributed by atoms with Gasteiger partial charge in [0.25, 0.3) is 0 Å². The van der Waals surface area contributed by atoms with Crippen molar-refractivity contribution in [3.63, 3.8) is 0 Å². The molecule has 0 radical (unpaired) electrons. The van der Waals surface area contributed by atoms with Crippen LogP contribution in [0, 0.1) is 0 Å². The van der Waals surface area contributed by atoms with Crippen LogP contribution in [0.25, 0.3) is 10.9 Å². The highest BCUT2D eigenvalue weighted by atomic mass is 15.6. The standard InChI is InChI=1S/C13H12N4/c14-12-8-4-5-10-9-15-17(13(10)12)16-11-6-2-1-3-7-11/h1-9,16H,14H2. The Morgan fingerprint density at radius 1 is 1.00 bits per heavy atom. The van der Waals surface area contributed by atoms with Crippen molar-refractivity contribution < 1.29 is 0 Å². The SMILES string of the molecule is Nc1cccc2cnn(Nc3ccccc3)c12. The summed E-state index contributed by atoms with van der Waals surface area (Å²) in [5.74, 6) is 0. The van der Waals surface area contributed by atoms with Gasteiger partial charge in [-0.15, -0.1) is 0 Å². The molecule has 0 atom stereocenters. The first-order valence-corrected chi connectivity index (χ1v) is 5.39. The molecule has 17 heavy (non-hydrogen) atoms. The van der Waals surface area contributed by atoms with E-state index in [1.807, 2.05) is 48.5 Å². The van der Waals surface area contributed by atoms with Gasteiger partial charge in [-0.1, -0.05) is 30.3 Å². The summed E-state index contributed by atoms with van der Waals surface area (Å²) in [6, 6.07) is 15.6. The second-order valence-electron chi connectivity index (χ2n) is 3.82. The van der Waals surface area contributed by atoms with Crippen molar-refractivity contribution in [2.75, 3.05) is 11.2 Å². The molecule has 1 heterocycles. The lowest BCUT2D eigenvalue weighted by Crippen LogP contribution is -2.11. The van der Waals surface area contributed by atoms with E-state index in [1.165, 1.54) is 0 Å². The molecule has 4 nitrogen and oxygen atoms in total. The van der Waals surface area contributed by atoms with Gasteiger partial charge in [0, 0.05) is 5.39 Å². The third-order valence-electron chi connectivity index (χ3n) is 2.63. The molecule has 4 heteroatoms. The lowest BCUT2D eigenvalue weighted by Gasteiger charge is -2.08. The van der Waals surface area contributed by atoms with E-state index in [0.29, 0.717) is 5.69 Å². The fraction of sp³-hybridized carbons (Fsp3) is 0. The van der Waals surface area contributed by atoms with Crippen LogP contribution >= 0.6 is 0 Å². The van der Waals surface area contributed by atoms with E-state index in [1.54, 1.807) is 11.0 Å². The van der Waals surface area contributed by atoms with Gasteiger partial charge in [0.15, 0.2) is 0 Å². The number of nitrogen functional groups attached to an aromatic ring is 1. The molecule has 0 saturated carbocycles. The Hall–Kier alpha value is -2.49. The molecule has 0 unspecified atom stereocenters. The molecule has 1 aromatic heterocycles. The van der Waals surface area contributed by atoms with Crippen LogP contribution in [0.5, 0.6) is 0 Å². The van der Waals surface area contributed by atoms with Crippen molar-refractivity contribution in [3.8, 4) is 0 Å². The number of benzene rings is 2. The predicted molar refractivity (Wildman–Crippen MR) is 69.6 cm³/mol. The first-order chi connectivity index (χ1) is 8.34. The van der Waals surface area contributed by atoms with Gasteiger partial charge in [0.05, 0.1) is 17.6 Å². The van der Waals surface area contributed by atoms with Crippen molar-refractivity contribution in [3.05, 3.63) is 54.7 Å². The number of hydrogen-bond acceptors (Lipinski definition) is 3. The fourth-order valence-electron chi connectivity index (χ4n) is 1.83. The van der Waals surface area contributed by atoms with E-state index < -0.39 is 0 Å². The molecular weight excluding hydrogens is 212 g/mol. The molecule has 3 aromatic rings. The molecule has 3 N–H and O–H groups in total. The quantitative estimate of drug-likeness (QED) is 0.657. The zero-order valence-corrected chi connectivity index (χ0v) is 9.17. The van der Waals surface area contributed by atoms with Gasteiger partial charge >= 0.3 is 0 Å². The van der Waals surface area contributed by atoms with Crippen LogP contribution in [0.1, 0.15) is 0 Å². The van der Waals surface area contributed by atoms with Gasteiger partial charge in [-0.2, -0.15) is 9.89 Å². The lowest BCUT2D eigenvalue weighted by atomic mass is 10.2. The summed E-state index contributed by atoms with van der Waals surface area (Å²) in [5.41, 5.74) is 11.7. The second-order valence-corrected chi connectivity index (χ2v) is 3.82. The predicted octanol–water partition coefficient (Wildman–Crippen LogP) is 2.49. The molecule has 3 rings (SSSR count). The zero-order chi connectivity index (χ0) is 11.7. The molecule has 0 aliphatic carbocycles. The molecule has 0 aliphatic rings. The Kier molecular flexibility index (Phi) is 2.19. The lowest BCUT2D eigenvalue weighted by molar-refractivity contribution is 0.834. The fourth-order valence-corrected chi connectivity index (χ4v) is 1.83. The van der Waals surface area contributed by atoms with Gasteiger partial charge < -0.3 is 5.73 Å². The Morgan fingerprint density at radius 2 is 1.82 bits per heavy atom. The molecule has 84 valence electrons. The molecule has 0 saturated heterocycles. The summed E-state index contributed by atoms with van der Waals surface area (Å²) in [7, 11) is 0. The average Bonchev–Trinajstić information content (AvgIpc) is 2.75. The van der Waals surface area contributed by atoms with Crippen LogP contribution in [0.4, 0.5) is 11.4 Å². The molecular formula is C13H12N4. The van der Waals surface area contributed by atoms with E-state index in [9.17, 15) is 0 Å². The summed E-state index contributed by atoms with van der Waals surface area (Å²) in [4.78, 5) is 1.69. The largest absolute Gasteiger partial charge is 0.397 e. The number of nitrogens with two attached hydrogens (primary N) is 1. The van der Waals surface area contributed by atoms with Crippen LogP contribution in [-0.2, 0) is 0 Å². The number of hydrogen-bond donors (Lipinski definition) is 2. The summed E-state index contributed by atoms with van der Waals surface area (Å²) in [6.45, 7) is 0. The minimum Gasteiger partial charge on any atom is -0.397 e. The molecule has 0 aliphatic heterocycles. The number of aromatic nitrogens is 2. The number of para-hydroxylation sites is 2. The Labute approximate surface area is 98.6 Å². The zero-order valence-electron chi connectivity index (χ0n) is 9.17. The van der Waals surface area contributed by atoms with Crippen molar-refractivity contribution in [1.29, 1.82) is 0 Å². The van der Waals surface area contributed by atoms with Crippen LogP contribution in [-0.4, -0.2) is 9.89 Å². The van der Waals surface area contributed by atoms with Crippen molar-refractivity contribution in [1.82, 2.24) is 9.89 Å². The number of fused-ring (bicyclic) bond motifs is 1. The Morgan fingerprint density at radius 3 is 2.65 bits per heavy atom. The van der Waals surface area contributed by atoms with E-state index in [-0.39, 0.29) is 0 Å². The van der Waals surface area contributed by atoms with Crippen molar-refractivity contribution >= 4 is 22.3 Å². The summed E-state index contributed by atoms with van der Waals surface area (Å²) in [6.07, 6.45) is 1.79. The topological polar surface area (TPSA) is 55.9 Å². The van der Waals surface area contributed by atoms with Gasteiger partial charge in [-0.05, 0) is 18.2 Å². The highest BCUT2D eigenvalue weighted by Gasteiger charge is 2.05. The van der Waals surface area contributed by atoms with Crippen LogP contribution in [0.3, 0.4) is 0 Å². The summed E-state index contributed by atoms with van der Waals surface area (Å²) in [5, 5.41) is 5.30. The van der Waals surface area contributed by atoms with Crippen LogP contribution in [0.15, 0.2) is 54.7 Å². The second kappa shape index (κ2) is 3.83. The van der Waals surface area contributed by atoms with Gasteiger partial charge in [0.1, 0.15) is 5.52 Å². The minimum atomic E-state index is 0.712. The number of nitrogens with one attached hydrogen (secondary N) is 1. The first-order valence-electron chi connectivity index (χ1n) is 5.39. The third kappa shape index (κ3) is 1.69. The maximum Gasteiger partial charge on any atom is 0.115 e. The average molecular weight is 224 g/mol. The Bertz CT molecular complexity index is 643. The third-order valence-corrected chi connectivity index (χ3v) is 2.63. The maximum atomic E-state index is 5.95. The van der Waals surface area contributed by atoms with Crippen molar-refractivity contribution in [2.24, 2.45) is 0 Å². The van der Waals surface area contributed by atoms with E-state index in [2.05, 4.69) is 10.5 Å². The molecule has 0 amide bonds. The number of anilines is 2. The number of nitrogens with zero attached hydrogens (tertiary/aromatic N) is 2. The van der Waals surface area contributed by atoms with Gasteiger partial charge in [0.2, 0.25) is 0 Å². The summed E-state index contributed by atoms with van der Waals surface area (Å²) < 4.78 is 0. The first kappa shape index (κ1) is 9.72. The monoisotopic (exact) mass is 224 g/mol. The smallest absolute Gasteiger partial charge is 0.115 e. The normalized spacial score (nSPS) is 10.6. The Balaban J connectivity index is 2.07. The highest BCUT2D eigenvalue weighted by molar-refractivity contribution is 5.89. The molecule has 0 spiro atoms. The maximum absolute atomic E-state index is 5.95. The van der Waals surface area contributed by atoms with Crippen molar-refractivity contribution in [2.45, 2.75) is 0 Å². The highest BCUT2D eigenvalue weighted by Crippen LogP contribution is 2.20. The van der Waals surface area contributed by atoms with Crippen LogP contribution in [0.2, 0.25) is 0 Å². The van der Waals surface area contributed by atoms with E-state index >= 15 is 0 Å². The van der Waals surface area contributed by atoms with Gasteiger partial charge in [-0.25, -0.2) is 0 Å². The molecule has 2 aromatic carbocycles. The molecule has 0 bridgehead atoms. The van der Waals surface area contributed by atoms with Crippen LogP contribution < -0.4 is 11.2 Å². The summed E-state index contributed by atoms with van der Waals surface area (Å²) >= 11 is 0. The minimum absolute atomic E-state index is 0.712. The van der Waals surface area contributed by atoms with E-state index in [4.69, 9.17) is 5.73 Å².